The monoisotopic (exact) mass is 325 g/mol. The van der Waals surface area contributed by atoms with E-state index in [0.717, 1.165) is 22.6 Å². The van der Waals surface area contributed by atoms with Gasteiger partial charge in [0.2, 0.25) is 0 Å². The van der Waals surface area contributed by atoms with Crippen molar-refractivity contribution in [2.45, 2.75) is 13.5 Å². The fourth-order valence-corrected chi connectivity index (χ4v) is 2.28. The summed E-state index contributed by atoms with van der Waals surface area (Å²) >= 11 is 0. The normalized spacial score (nSPS) is 10.5. The molecule has 3 aromatic rings. The molecule has 6 heteroatoms. The molecule has 0 radical (unpaired) electrons. The number of aromatic nitrogens is 2. The van der Waals surface area contributed by atoms with Gasteiger partial charge in [0.15, 0.2) is 6.61 Å². The van der Waals surface area contributed by atoms with Crippen LogP contribution >= 0.6 is 0 Å². The molecule has 3 rings (SSSR count). The van der Waals surface area contributed by atoms with Crippen molar-refractivity contribution in [1.29, 1.82) is 0 Å². The summed E-state index contributed by atoms with van der Waals surface area (Å²) in [5.41, 5.74) is 1.92. The van der Waals surface area contributed by atoms with Crippen LogP contribution in [-0.4, -0.2) is 28.8 Å². The van der Waals surface area contributed by atoms with Gasteiger partial charge in [-0.2, -0.15) is 5.10 Å². The Bertz CT molecular complexity index is 793. The minimum atomic E-state index is -0.156. The van der Waals surface area contributed by atoms with Crippen molar-refractivity contribution in [3.63, 3.8) is 0 Å². The third-order valence-corrected chi connectivity index (χ3v) is 3.55. The Kier molecular flexibility index (Phi) is 4.96. The van der Waals surface area contributed by atoms with Crippen LogP contribution in [0, 0.1) is 6.92 Å². The van der Waals surface area contributed by atoms with Gasteiger partial charge in [-0.25, -0.2) is 0 Å². The maximum absolute atomic E-state index is 11.8. The molecule has 0 atom stereocenters. The van der Waals surface area contributed by atoms with E-state index in [0.29, 0.717) is 13.1 Å². The fourth-order valence-electron chi connectivity index (χ4n) is 2.28. The van der Waals surface area contributed by atoms with Crippen molar-refractivity contribution in [3.05, 3.63) is 60.6 Å². The first-order valence-corrected chi connectivity index (χ1v) is 7.74. The van der Waals surface area contributed by atoms with Crippen LogP contribution < -0.4 is 10.1 Å². The number of carbonyl (C=O) groups is 1. The molecule has 0 saturated carbocycles. The molecule has 0 spiro atoms. The Morgan fingerprint density at radius 3 is 2.96 bits per heavy atom. The van der Waals surface area contributed by atoms with Crippen LogP contribution in [0.15, 0.2) is 59.5 Å². The Morgan fingerprint density at radius 1 is 1.29 bits per heavy atom. The van der Waals surface area contributed by atoms with Crippen LogP contribution in [-0.2, 0) is 11.3 Å². The van der Waals surface area contributed by atoms with Crippen molar-refractivity contribution in [1.82, 2.24) is 15.1 Å². The number of carbonyl (C=O) groups excluding carboxylic acids is 1. The van der Waals surface area contributed by atoms with Gasteiger partial charge in [-0.05, 0) is 30.7 Å². The highest BCUT2D eigenvalue weighted by Crippen LogP contribution is 2.18. The molecule has 2 heterocycles. The number of benzene rings is 1. The maximum Gasteiger partial charge on any atom is 0.258 e. The van der Waals surface area contributed by atoms with Gasteiger partial charge in [-0.3, -0.25) is 9.48 Å². The third kappa shape index (κ3) is 4.04. The van der Waals surface area contributed by atoms with Crippen molar-refractivity contribution < 1.29 is 13.9 Å². The highest BCUT2D eigenvalue weighted by Gasteiger charge is 2.06. The predicted molar refractivity (Wildman–Crippen MR) is 89.6 cm³/mol. The van der Waals surface area contributed by atoms with Gasteiger partial charge in [0.05, 0.1) is 24.6 Å². The van der Waals surface area contributed by atoms with E-state index in [9.17, 15) is 4.79 Å². The molecule has 1 N–H and O–H groups in total. The quantitative estimate of drug-likeness (QED) is 0.725. The van der Waals surface area contributed by atoms with Crippen molar-refractivity contribution in [3.8, 4) is 17.1 Å². The molecule has 0 aliphatic heterocycles. The second-order valence-corrected chi connectivity index (χ2v) is 5.37. The van der Waals surface area contributed by atoms with Gasteiger partial charge in [-0.15, -0.1) is 0 Å². The molecule has 2 aromatic heterocycles. The van der Waals surface area contributed by atoms with Gasteiger partial charge < -0.3 is 14.5 Å². The third-order valence-electron chi connectivity index (χ3n) is 3.55. The highest BCUT2D eigenvalue weighted by molar-refractivity contribution is 5.77. The van der Waals surface area contributed by atoms with E-state index in [2.05, 4.69) is 10.4 Å². The van der Waals surface area contributed by atoms with E-state index in [4.69, 9.17) is 9.15 Å². The lowest BCUT2D eigenvalue weighted by atomic mass is 10.2. The lowest BCUT2D eigenvalue weighted by Gasteiger charge is -2.09. The molecule has 6 nitrogen and oxygen atoms in total. The molecule has 0 unspecified atom stereocenters. The summed E-state index contributed by atoms with van der Waals surface area (Å²) in [5, 5.41) is 7.06. The van der Waals surface area contributed by atoms with Gasteiger partial charge in [0, 0.05) is 12.7 Å². The lowest BCUT2D eigenvalue weighted by molar-refractivity contribution is -0.123. The van der Waals surface area contributed by atoms with E-state index in [1.807, 2.05) is 49.5 Å². The molecule has 124 valence electrons. The number of ether oxygens (including phenoxy) is 1. The van der Waals surface area contributed by atoms with Gasteiger partial charge in [0.1, 0.15) is 11.5 Å². The maximum atomic E-state index is 11.8. The smallest absolute Gasteiger partial charge is 0.258 e. The molecule has 0 fully saturated rings. The molecule has 24 heavy (non-hydrogen) atoms. The summed E-state index contributed by atoms with van der Waals surface area (Å²) in [4.78, 5) is 11.8. The van der Waals surface area contributed by atoms with Gasteiger partial charge >= 0.3 is 0 Å². The number of hydrogen-bond donors (Lipinski definition) is 1. The number of amides is 1. The summed E-state index contributed by atoms with van der Waals surface area (Å²) in [6, 6.07) is 11.3. The highest BCUT2D eigenvalue weighted by atomic mass is 16.5. The summed E-state index contributed by atoms with van der Waals surface area (Å²) in [6.45, 7) is 3.01. The Morgan fingerprint density at radius 2 is 2.17 bits per heavy atom. The average molecular weight is 325 g/mol. The molecule has 1 amide bonds. The summed E-state index contributed by atoms with van der Waals surface area (Å²) in [6.07, 6.45) is 5.25. The summed E-state index contributed by atoms with van der Waals surface area (Å²) in [7, 11) is 0. The van der Waals surface area contributed by atoms with E-state index >= 15 is 0 Å². The predicted octanol–water partition coefficient (Wildman–Crippen LogP) is 2.65. The number of aryl methyl sites for hydroxylation is 1. The lowest BCUT2D eigenvalue weighted by Crippen LogP contribution is -2.31. The summed E-state index contributed by atoms with van der Waals surface area (Å²) in [5.74, 6) is 1.34. The molecule has 0 aliphatic carbocycles. The molecule has 0 aliphatic rings. The second kappa shape index (κ2) is 7.50. The SMILES string of the molecule is Cc1ccccc1OCC(=O)NCCn1cc(-c2ccco2)cn1. The van der Waals surface area contributed by atoms with Crippen LogP contribution in [0.1, 0.15) is 5.56 Å². The molecule has 0 saturated heterocycles. The van der Waals surface area contributed by atoms with E-state index < -0.39 is 0 Å². The van der Waals surface area contributed by atoms with Crippen LogP contribution in [0.5, 0.6) is 5.75 Å². The van der Waals surface area contributed by atoms with Gasteiger partial charge in [-0.1, -0.05) is 18.2 Å². The van der Waals surface area contributed by atoms with Crippen molar-refractivity contribution in [2.75, 3.05) is 13.2 Å². The largest absolute Gasteiger partial charge is 0.484 e. The zero-order valence-electron chi connectivity index (χ0n) is 13.4. The second-order valence-electron chi connectivity index (χ2n) is 5.37. The summed E-state index contributed by atoms with van der Waals surface area (Å²) < 4.78 is 12.6. The first-order chi connectivity index (χ1) is 11.7. The standard InChI is InChI=1S/C18H19N3O3/c1-14-5-2-3-6-16(14)24-13-18(22)19-8-9-21-12-15(11-20-21)17-7-4-10-23-17/h2-7,10-12H,8-9,13H2,1H3,(H,19,22). The zero-order chi connectivity index (χ0) is 16.8. The molecular weight excluding hydrogens is 306 g/mol. The average Bonchev–Trinajstić information content (AvgIpc) is 3.25. The minimum absolute atomic E-state index is 0.00159. The number of nitrogens with one attached hydrogen (secondary N) is 1. The van der Waals surface area contributed by atoms with E-state index in [-0.39, 0.29) is 12.5 Å². The number of nitrogens with zero attached hydrogens (tertiary/aromatic N) is 2. The first-order valence-electron chi connectivity index (χ1n) is 7.74. The van der Waals surface area contributed by atoms with Crippen LogP contribution in [0.3, 0.4) is 0 Å². The van der Waals surface area contributed by atoms with Crippen molar-refractivity contribution >= 4 is 5.91 Å². The Labute approximate surface area is 140 Å². The van der Waals surface area contributed by atoms with E-state index in [1.165, 1.54) is 0 Å². The topological polar surface area (TPSA) is 69.3 Å². The van der Waals surface area contributed by atoms with Crippen LogP contribution in [0.4, 0.5) is 0 Å². The van der Waals surface area contributed by atoms with Crippen LogP contribution in [0.25, 0.3) is 11.3 Å². The fraction of sp³-hybridized carbons (Fsp3) is 0.222. The molecular formula is C18H19N3O3. The van der Waals surface area contributed by atoms with Gasteiger partial charge in [0.25, 0.3) is 5.91 Å². The Hall–Kier alpha value is -3.02. The number of furan rings is 1. The number of para-hydroxylation sites is 1. The van der Waals surface area contributed by atoms with Crippen LogP contribution in [0.2, 0.25) is 0 Å². The number of hydrogen-bond acceptors (Lipinski definition) is 4. The Balaban J connectivity index is 1.41. The minimum Gasteiger partial charge on any atom is -0.484 e. The van der Waals surface area contributed by atoms with Crippen molar-refractivity contribution in [2.24, 2.45) is 0 Å². The molecule has 0 bridgehead atoms. The first kappa shape index (κ1) is 15.9. The van der Waals surface area contributed by atoms with E-state index in [1.54, 1.807) is 17.1 Å². The molecule has 1 aromatic carbocycles. The number of rotatable bonds is 7. The zero-order valence-corrected chi connectivity index (χ0v) is 13.4.